The van der Waals surface area contributed by atoms with E-state index in [2.05, 4.69) is 4.98 Å². The molecule has 1 fully saturated rings. The van der Waals surface area contributed by atoms with Gasteiger partial charge in [-0.3, -0.25) is 24.9 Å². The van der Waals surface area contributed by atoms with Crippen LogP contribution in [0.15, 0.2) is 18.3 Å². The van der Waals surface area contributed by atoms with Crippen molar-refractivity contribution in [2.75, 3.05) is 6.54 Å². The number of amides is 2. The first kappa shape index (κ1) is 13.4. The molecule has 2 heterocycles. The van der Waals surface area contributed by atoms with E-state index in [9.17, 15) is 9.59 Å². The Morgan fingerprint density at radius 2 is 2.26 bits per heavy atom. The number of nitrogens with two attached hydrogens (primary N) is 2. The number of nitrogens with zero attached hydrogens (tertiary/aromatic N) is 2. The summed E-state index contributed by atoms with van der Waals surface area (Å²) < 4.78 is 0. The molecule has 1 aliphatic heterocycles. The lowest BCUT2D eigenvalue weighted by molar-refractivity contribution is -0.122. The Balaban J connectivity index is 2.03. The molecular formula is C12H17N5O2. The maximum Gasteiger partial charge on any atom is 0.266 e. The van der Waals surface area contributed by atoms with E-state index in [1.165, 1.54) is 6.20 Å². The molecular weight excluding hydrogens is 246 g/mol. The minimum absolute atomic E-state index is 0.214. The van der Waals surface area contributed by atoms with Crippen LogP contribution in [0.1, 0.15) is 28.9 Å². The number of hydrogen-bond acceptors (Lipinski definition) is 5. The van der Waals surface area contributed by atoms with Gasteiger partial charge in [-0.05, 0) is 31.5 Å². The van der Waals surface area contributed by atoms with Crippen LogP contribution < -0.4 is 17.0 Å². The largest absolute Gasteiger partial charge is 0.368 e. The summed E-state index contributed by atoms with van der Waals surface area (Å²) in [5.41, 5.74) is 8.60. The van der Waals surface area contributed by atoms with Gasteiger partial charge in [0.15, 0.2) is 0 Å². The molecule has 102 valence electrons. The quantitative estimate of drug-likeness (QED) is 0.371. The number of aromatic nitrogens is 1. The molecule has 0 bridgehead atoms. The van der Waals surface area contributed by atoms with Gasteiger partial charge in [-0.25, -0.2) is 5.84 Å². The number of pyridine rings is 1. The highest BCUT2D eigenvalue weighted by Crippen LogP contribution is 2.19. The van der Waals surface area contributed by atoms with E-state index < -0.39 is 0 Å². The minimum Gasteiger partial charge on any atom is -0.368 e. The molecule has 1 aromatic heterocycles. The van der Waals surface area contributed by atoms with Crippen LogP contribution in [0.4, 0.5) is 0 Å². The highest BCUT2D eigenvalue weighted by atomic mass is 16.2. The molecule has 0 spiro atoms. The van der Waals surface area contributed by atoms with Gasteiger partial charge in [-0.1, -0.05) is 0 Å². The average Bonchev–Trinajstić information content (AvgIpc) is 2.87. The lowest BCUT2D eigenvalue weighted by atomic mass is 10.2. The Morgan fingerprint density at radius 1 is 1.47 bits per heavy atom. The van der Waals surface area contributed by atoms with E-state index in [4.69, 9.17) is 11.6 Å². The fourth-order valence-corrected chi connectivity index (χ4v) is 2.28. The van der Waals surface area contributed by atoms with E-state index in [1.54, 1.807) is 12.1 Å². The number of nitrogen functional groups attached to an aromatic ring is 1. The third kappa shape index (κ3) is 3.07. The van der Waals surface area contributed by atoms with Crippen molar-refractivity contribution in [3.63, 3.8) is 0 Å². The van der Waals surface area contributed by atoms with Crippen LogP contribution in [0.25, 0.3) is 0 Å². The Labute approximate surface area is 110 Å². The van der Waals surface area contributed by atoms with E-state index in [0.29, 0.717) is 12.1 Å². The van der Waals surface area contributed by atoms with Crippen molar-refractivity contribution < 1.29 is 9.59 Å². The molecule has 2 rings (SSSR count). The third-order valence-corrected chi connectivity index (χ3v) is 3.28. The van der Waals surface area contributed by atoms with Crippen LogP contribution in [-0.2, 0) is 11.3 Å². The Kier molecular flexibility index (Phi) is 4.08. The summed E-state index contributed by atoms with van der Waals surface area (Å²) in [4.78, 5) is 28.7. The smallest absolute Gasteiger partial charge is 0.266 e. The second-order valence-corrected chi connectivity index (χ2v) is 4.54. The Hall–Kier alpha value is -1.99. The molecule has 0 aromatic carbocycles. The number of carbonyl (C=O) groups excluding carboxylic acids is 2. The molecule has 5 N–H and O–H groups in total. The molecule has 7 nitrogen and oxygen atoms in total. The molecule has 19 heavy (non-hydrogen) atoms. The molecule has 0 radical (unpaired) electrons. The molecule has 1 atom stereocenters. The number of hydrogen-bond donors (Lipinski definition) is 3. The van der Waals surface area contributed by atoms with Crippen LogP contribution in [0.2, 0.25) is 0 Å². The van der Waals surface area contributed by atoms with Gasteiger partial charge in [-0.15, -0.1) is 0 Å². The summed E-state index contributed by atoms with van der Waals surface area (Å²) in [6.45, 7) is 1.39. The van der Waals surface area contributed by atoms with E-state index in [0.717, 1.165) is 25.1 Å². The first-order chi connectivity index (χ1) is 9.11. The fourth-order valence-electron chi connectivity index (χ4n) is 2.28. The SMILES string of the molecule is NNC(=O)c1ccc(CN2CCCC2C(N)=O)nc1. The Bertz CT molecular complexity index is 474. The van der Waals surface area contributed by atoms with Gasteiger partial charge in [0.2, 0.25) is 5.91 Å². The highest BCUT2D eigenvalue weighted by Gasteiger charge is 2.28. The normalized spacial score (nSPS) is 19.3. The van der Waals surface area contributed by atoms with Crippen LogP contribution in [0, 0.1) is 0 Å². The molecule has 7 heteroatoms. The maximum atomic E-state index is 11.3. The van der Waals surface area contributed by atoms with Crippen molar-refractivity contribution in [1.29, 1.82) is 0 Å². The standard InChI is InChI=1S/C12H17N5O2/c13-11(18)10-2-1-5-17(10)7-9-4-3-8(6-15-9)12(19)16-14/h3-4,6,10H,1-2,5,7,14H2,(H2,13,18)(H,16,19). The summed E-state index contributed by atoms with van der Waals surface area (Å²) in [5, 5.41) is 0. The van der Waals surface area contributed by atoms with Crippen LogP contribution in [0.5, 0.6) is 0 Å². The zero-order valence-corrected chi connectivity index (χ0v) is 10.5. The van der Waals surface area contributed by atoms with Crippen molar-refractivity contribution in [2.45, 2.75) is 25.4 Å². The first-order valence-corrected chi connectivity index (χ1v) is 6.11. The number of carbonyl (C=O) groups is 2. The van der Waals surface area contributed by atoms with Crippen molar-refractivity contribution in [3.8, 4) is 0 Å². The molecule has 1 aromatic rings. The second kappa shape index (κ2) is 5.77. The third-order valence-electron chi connectivity index (χ3n) is 3.28. The fraction of sp³-hybridized carbons (Fsp3) is 0.417. The summed E-state index contributed by atoms with van der Waals surface area (Å²) >= 11 is 0. The minimum atomic E-state index is -0.379. The molecule has 1 aliphatic rings. The lowest BCUT2D eigenvalue weighted by Gasteiger charge is -2.21. The van der Waals surface area contributed by atoms with Crippen molar-refractivity contribution in [1.82, 2.24) is 15.3 Å². The monoisotopic (exact) mass is 263 g/mol. The Morgan fingerprint density at radius 3 is 2.84 bits per heavy atom. The van der Waals surface area contributed by atoms with Crippen LogP contribution >= 0.6 is 0 Å². The van der Waals surface area contributed by atoms with Gasteiger partial charge < -0.3 is 5.73 Å². The maximum absolute atomic E-state index is 11.3. The van der Waals surface area contributed by atoms with E-state index in [1.807, 2.05) is 10.3 Å². The van der Waals surface area contributed by atoms with E-state index >= 15 is 0 Å². The summed E-state index contributed by atoms with van der Waals surface area (Å²) in [7, 11) is 0. The lowest BCUT2D eigenvalue weighted by Crippen LogP contribution is -2.39. The molecule has 1 saturated heterocycles. The van der Waals surface area contributed by atoms with Gasteiger partial charge in [0.05, 0.1) is 17.3 Å². The predicted octanol–water partition coefficient (Wildman–Crippen LogP) is -0.865. The van der Waals surface area contributed by atoms with Crippen LogP contribution in [-0.4, -0.2) is 34.3 Å². The average molecular weight is 263 g/mol. The second-order valence-electron chi connectivity index (χ2n) is 4.54. The molecule has 0 aliphatic carbocycles. The van der Waals surface area contributed by atoms with Crippen molar-refractivity contribution in [3.05, 3.63) is 29.6 Å². The van der Waals surface area contributed by atoms with Gasteiger partial charge >= 0.3 is 0 Å². The molecule has 0 saturated carbocycles. The van der Waals surface area contributed by atoms with Crippen molar-refractivity contribution in [2.24, 2.45) is 11.6 Å². The van der Waals surface area contributed by atoms with Gasteiger partial charge in [0.1, 0.15) is 0 Å². The molecule has 1 unspecified atom stereocenters. The topological polar surface area (TPSA) is 114 Å². The van der Waals surface area contributed by atoms with E-state index in [-0.39, 0.29) is 17.9 Å². The number of primary amides is 1. The zero-order chi connectivity index (χ0) is 13.8. The summed E-state index contributed by atoms with van der Waals surface area (Å²) in [5.74, 6) is 4.36. The van der Waals surface area contributed by atoms with Crippen LogP contribution in [0.3, 0.4) is 0 Å². The predicted molar refractivity (Wildman–Crippen MR) is 68.5 cm³/mol. The molecule has 2 amide bonds. The summed E-state index contributed by atoms with van der Waals surface area (Å²) in [6.07, 6.45) is 3.22. The van der Waals surface area contributed by atoms with Gasteiger partial charge in [0.25, 0.3) is 5.91 Å². The number of likely N-dealkylation sites (tertiary alicyclic amines) is 1. The first-order valence-electron chi connectivity index (χ1n) is 6.11. The van der Waals surface area contributed by atoms with Gasteiger partial charge in [0, 0.05) is 12.7 Å². The van der Waals surface area contributed by atoms with Crippen molar-refractivity contribution >= 4 is 11.8 Å². The summed E-state index contributed by atoms with van der Waals surface area (Å²) in [6, 6.07) is 3.19. The number of nitrogens with one attached hydrogen (secondary N) is 1. The van der Waals surface area contributed by atoms with Gasteiger partial charge in [-0.2, -0.15) is 0 Å². The highest BCUT2D eigenvalue weighted by molar-refractivity contribution is 5.93. The zero-order valence-electron chi connectivity index (χ0n) is 10.5. The number of hydrazine groups is 1. The number of rotatable bonds is 4.